The Kier molecular flexibility index (Phi) is 2.16. The first-order valence-corrected chi connectivity index (χ1v) is 3.38. The highest BCUT2D eigenvalue weighted by molar-refractivity contribution is 5.58. The zero-order valence-electron chi connectivity index (χ0n) is 6.28. The van der Waals surface area contributed by atoms with Gasteiger partial charge in [-0.1, -0.05) is 12.2 Å². The normalized spacial score (nSPS) is 10.6. The SMILES string of the molecule is C/C=C/c1cc(O)ccc1O. The topological polar surface area (TPSA) is 40.5 Å². The molecule has 0 aromatic heterocycles. The van der Waals surface area contributed by atoms with Crippen LogP contribution in [0.2, 0.25) is 0 Å². The molecule has 0 saturated carbocycles. The maximum atomic E-state index is 9.20. The Balaban J connectivity index is 3.12. The van der Waals surface area contributed by atoms with Crippen LogP contribution in [0.3, 0.4) is 0 Å². The molecule has 0 heterocycles. The van der Waals surface area contributed by atoms with Crippen molar-refractivity contribution in [3.8, 4) is 11.5 Å². The van der Waals surface area contributed by atoms with Crippen LogP contribution >= 0.6 is 0 Å². The average Bonchev–Trinajstić information content (AvgIpc) is 1.98. The third kappa shape index (κ3) is 1.74. The van der Waals surface area contributed by atoms with E-state index in [9.17, 15) is 5.11 Å². The summed E-state index contributed by atoms with van der Waals surface area (Å²) in [5.74, 6) is 0.344. The third-order valence-electron chi connectivity index (χ3n) is 1.36. The fourth-order valence-corrected chi connectivity index (χ4v) is 0.855. The first-order valence-electron chi connectivity index (χ1n) is 3.38. The quantitative estimate of drug-likeness (QED) is 0.602. The summed E-state index contributed by atoms with van der Waals surface area (Å²) >= 11 is 0. The number of phenols is 2. The van der Waals surface area contributed by atoms with Gasteiger partial charge < -0.3 is 10.2 Å². The largest absolute Gasteiger partial charge is 0.508 e. The lowest BCUT2D eigenvalue weighted by atomic mass is 10.2. The molecule has 0 fully saturated rings. The van der Waals surface area contributed by atoms with Gasteiger partial charge in [-0.2, -0.15) is 0 Å². The summed E-state index contributed by atoms with van der Waals surface area (Å²) in [5.41, 5.74) is 0.632. The molecule has 2 heteroatoms. The molecule has 11 heavy (non-hydrogen) atoms. The van der Waals surface area contributed by atoms with Crippen LogP contribution in [0.1, 0.15) is 12.5 Å². The molecule has 0 aliphatic carbocycles. The Morgan fingerprint density at radius 3 is 2.64 bits per heavy atom. The fraction of sp³-hybridized carbons (Fsp3) is 0.111. The molecule has 0 unspecified atom stereocenters. The van der Waals surface area contributed by atoms with Gasteiger partial charge in [-0.3, -0.25) is 0 Å². The van der Waals surface area contributed by atoms with Crippen LogP contribution in [0.5, 0.6) is 11.5 Å². The van der Waals surface area contributed by atoms with Gasteiger partial charge in [0.1, 0.15) is 11.5 Å². The highest BCUT2D eigenvalue weighted by Gasteiger charge is 1.96. The molecule has 0 bridgehead atoms. The lowest BCUT2D eigenvalue weighted by Gasteiger charge is -1.98. The second-order valence-electron chi connectivity index (χ2n) is 2.24. The van der Waals surface area contributed by atoms with E-state index in [2.05, 4.69) is 0 Å². The van der Waals surface area contributed by atoms with E-state index in [0.717, 1.165) is 0 Å². The average molecular weight is 150 g/mol. The van der Waals surface area contributed by atoms with Gasteiger partial charge in [-0.25, -0.2) is 0 Å². The van der Waals surface area contributed by atoms with Crippen molar-refractivity contribution in [2.45, 2.75) is 6.92 Å². The van der Waals surface area contributed by atoms with Crippen molar-refractivity contribution in [2.24, 2.45) is 0 Å². The van der Waals surface area contributed by atoms with Crippen molar-refractivity contribution in [3.63, 3.8) is 0 Å². The summed E-state index contributed by atoms with van der Waals surface area (Å²) in [5, 5.41) is 18.2. The molecular weight excluding hydrogens is 140 g/mol. The Bertz CT molecular complexity index is 277. The van der Waals surface area contributed by atoms with Gasteiger partial charge >= 0.3 is 0 Å². The minimum Gasteiger partial charge on any atom is -0.508 e. The van der Waals surface area contributed by atoms with Crippen molar-refractivity contribution in [1.82, 2.24) is 0 Å². The number of hydrogen-bond acceptors (Lipinski definition) is 2. The minimum absolute atomic E-state index is 0.163. The van der Waals surface area contributed by atoms with E-state index in [4.69, 9.17) is 5.11 Å². The van der Waals surface area contributed by atoms with Gasteiger partial charge in [-0.05, 0) is 25.1 Å². The van der Waals surface area contributed by atoms with Gasteiger partial charge in [0.2, 0.25) is 0 Å². The fourth-order valence-electron chi connectivity index (χ4n) is 0.855. The summed E-state index contributed by atoms with van der Waals surface area (Å²) < 4.78 is 0. The van der Waals surface area contributed by atoms with E-state index < -0.39 is 0 Å². The van der Waals surface area contributed by atoms with Crippen molar-refractivity contribution in [1.29, 1.82) is 0 Å². The zero-order valence-corrected chi connectivity index (χ0v) is 6.28. The molecule has 58 valence electrons. The van der Waals surface area contributed by atoms with E-state index in [-0.39, 0.29) is 11.5 Å². The smallest absolute Gasteiger partial charge is 0.123 e. The molecule has 0 radical (unpaired) electrons. The first kappa shape index (κ1) is 7.66. The van der Waals surface area contributed by atoms with Crippen molar-refractivity contribution >= 4 is 6.08 Å². The molecule has 1 rings (SSSR count). The van der Waals surface area contributed by atoms with Crippen LogP contribution in [-0.4, -0.2) is 10.2 Å². The predicted molar refractivity (Wildman–Crippen MR) is 44.5 cm³/mol. The van der Waals surface area contributed by atoms with Gasteiger partial charge in [-0.15, -0.1) is 0 Å². The molecule has 0 atom stereocenters. The molecule has 0 saturated heterocycles. The van der Waals surface area contributed by atoms with Gasteiger partial charge in [0.05, 0.1) is 0 Å². The Morgan fingerprint density at radius 2 is 2.00 bits per heavy atom. The molecule has 0 amide bonds. The highest BCUT2D eigenvalue weighted by Crippen LogP contribution is 2.22. The standard InChI is InChI=1S/C9H10O2/c1-2-3-7-6-8(10)4-5-9(7)11/h2-6,10-11H,1H3/b3-2+. The second-order valence-corrected chi connectivity index (χ2v) is 2.24. The van der Waals surface area contributed by atoms with Crippen LogP contribution in [0.25, 0.3) is 6.08 Å². The number of rotatable bonds is 1. The van der Waals surface area contributed by atoms with E-state index in [1.165, 1.54) is 18.2 Å². The maximum absolute atomic E-state index is 9.20. The van der Waals surface area contributed by atoms with Crippen LogP contribution in [0, 0.1) is 0 Å². The Labute approximate surface area is 65.4 Å². The second kappa shape index (κ2) is 3.10. The number of aromatic hydroxyl groups is 2. The van der Waals surface area contributed by atoms with E-state index in [1.54, 1.807) is 12.2 Å². The molecule has 0 spiro atoms. The van der Waals surface area contributed by atoms with E-state index in [1.807, 2.05) is 6.92 Å². The summed E-state index contributed by atoms with van der Waals surface area (Å²) in [4.78, 5) is 0. The number of phenolic OH excluding ortho intramolecular Hbond substituents is 2. The Hall–Kier alpha value is -1.44. The minimum atomic E-state index is 0.163. The van der Waals surface area contributed by atoms with E-state index in [0.29, 0.717) is 5.56 Å². The highest BCUT2D eigenvalue weighted by atomic mass is 16.3. The first-order chi connectivity index (χ1) is 5.24. The lowest BCUT2D eigenvalue weighted by molar-refractivity contribution is 0.459. The van der Waals surface area contributed by atoms with Crippen LogP contribution < -0.4 is 0 Å². The lowest BCUT2D eigenvalue weighted by Crippen LogP contribution is -1.73. The molecule has 1 aromatic carbocycles. The van der Waals surface area contributed by atoms with Gasteiger partial charge in [0.25, 0.3) is 0 Å². The predicted octanol–water partition coefficient (Wildman–Crippen LogP) is 2.13. The summed E-state index contributed by atoms with van der Waals surface area (Å²) in [6.45, 7) is 1.85. The molecule has 0 aliphatic heterocycles. The monoisotopic (exact) mass is 150 g/mol. The van der Waals surface area contributed by atoms with Gasteiger partial charge in [0, 0.05) is 5.56 Å². The van der Waals surface area contributed by atoms with E-state index >= 15 is 0 Å². The molecule has 2 N–H and O–H groups in total. The number of hydrogen-bond donors (Lipinski definition) is 2. The number of allylic oxidation sites excluding steroid dienone is 1. The van der Waals surface area contributed by atoms with Crippen LogP contribution in [0.15, 0.2) is 24.3 Å². The molecular formula is C9H10O2. The zero-order chi connectivity index (χ0) is 8.27. The third-order valence-corrected chi connectivity index (χ3v) is 1.36. The summed E-state index contributed by atoms with van der Waals surface area (Å²) in [6.07, 6.45) is 3.53. The Morgan fingerprint density at radius 1 is 1.27 bits per heavy atom. The van der Waals surface area contributed by atoms with Crippen molar-refractivity contribution < 1.29 is 10.2 Å². The van der Waals surface area contributed by atoms with Crippen molar-refractivity contribution in [3.05, 3.63) is 29.8 Å². The van der Waals surface area contributed by atoms with Crippen LogP contribution in [-0.2, 0) is 0 Å². The van der Waals surface area contributed by atoms with Crippen LogP contribution in [0.4, 0.5) is 0 Å². The van der Waals surface area contributed by atoms with Crippen molar-refractivity contribution in [2.75, 3.05) is 0 Å². The molecule has 1 aromatic rings. The molecule has 2 nitrogen and oxygen atoms in total. The summed E-state index contributed by atoms with van der Waals surface area (Å²) in [6, 6.07) is 4.42. The molecule has 0 aliphatic rings. The maximum Gasteiger partial charge on any atom is 0.123 e. The summed E-state index contributed by atoms with van der Waals surface area (Å²) in [7, 11) is 0. The van der Waals surface area contributed by atoms with Gasteiger partial charge in [0.15, 0.2) is 0 Å². The number of benzene rings is 1.